The Morgan fingerprint density at radius 3 is 2.48 bits per heavy atom. The van der Waals surface area contributed by atoms with Gasteiger partial charge in [-0.2, -0.15) is 0 Å². The molecule has 8 nitrogen and oxygen atoms in total. The van der Waals surface area contributed by atoms with Gasteiger partial charge in [0.2, 0.25) is 0 Å². The molecule has 0 unspecified atom stereocenters. The van der Waals surface area contributed by atoms with Crippen molar-refractivity contribution in [2.45, 2.75) is 38.8 Å². The van der Waals surface area contributed by atoms with Gasteiger partial charge in [-0.05, 0) is 60.5 Å². The lowest BCUT2D eigenvalue weighted by atomic mass is 9.99. The molecule has 9 heteroatoms. The number of carbonyl (C=O) groups is 1. The summed E-state index contributed by atoms with van der Waals surface area (Å²) in [5, 5.41) is 13.4. The van der Waals surface area contributed by atoms with Crippen molar-refractivity contribution in [3.63, 3.8) is 0 Å². The Balaban J connectivity index is 1.62. The SMILES string of the molecule is CCC(C)(C)n1nnnc1[C@H](c1ccc(Cl)cc1)N1CCN(C(=O)c2ccco2)CC1. The highest BCUT2D eigenvalue weighted by molar-refractivity contribution is 6.30. The van der Waals surface area contributed by atoms with Gasteiger partial charge < -0.3 is 9.32 Å². The molecule has 0 N–H and O–H groups in total. The van der Waals surface area contributed by atoms with Crippen molar-refractivity contribution in [1.82, 2.24) is 30.0 Å². The number of tetrazole rings is 1. The zero-order valence-electron chi connectivity index (χ0n) is 18.0. The van der Waals surface area contributed by atoms with E-state index in [9.17, 15) is 4.79 Å². The summed E-state index contributed by atoms with van der Waals surface area (Å²) >= 11 is 6.14. The summed E-state index contributed by atoms with van der Waals surface area (Å²) in [6, 6.07) is 11.1. The number of carbonyl (C=O) groups excluding carboxylic acids is 1. The predicted molar refractivity (Wildman–Crippen MR) is 117 cm³/mol. The first kappa shape index (κ1) is 21.5. The number of rotatable bonds is 6. The second kappa shape index (κ2) is 8.80. The van der Waals surface area contributed by atoms with Gasteiger partial charge in [0, 0.05) is 31.2 Å². The Kier molecular flexibility index (Phi) is 6.11. The molecule has 0 bridgehead atoms. The predicted octanol–water partition coefficient (Wildman–Crippen LogP) is 3.61. The first-order valence-electron chi connectivity index (χ1n) is 10.5. The zero-order valence-corrected chi connectivity index (χ0v) is 18.8. The Labute approximate surface area is 186 Å². The summed E-state index contributed by atoms with van der Waals surface area (Å²) in [6.45, 7) is 8.97. The van der Waals surface area contributed by atoms with Crippen LogP contribution in [0.3, 0.4) is 0 Å². The van der Waals surface area contributed by atoms with Gasteiger partial charge in [0.25, 0.3) is 5.91 Å². The van der Waals surface area contributed by atoms with Crippen molar-refractivity contribution in [2.24, 2.45) is 0 Å². The standard InChI is InChI=1S/C22H27ClN6O2/c1-4-22(2,3)29-20(24-25-26-29)19(16-7-9-17(23)10-8-16)27-11-13-28(14-12-27)21(30)18-6-5-15-31-18/h5-10,15,19H,4,11-14H2,1-3H3/t19-/m0/s1. The van der Waals surface area contributed by atoms with Crippen LogP contribution in [0, 0.1) is 0 Å². The van der Waals surface area contributed by atoms with E-state index in [0.29, 0.717) is 37.0 Å². The molecule has 1 atom stereocenters. The molecule has 0 spiro atoms. The second-order valence-electron chi connectivity index (χ2n) is 8.37. The highest BCUT2D eigenvalue weighted by atomic mass is 35.5. The number of halogens is 1. The van der Waals surface area contributed by atoms with Gasteiger partial charge in [-0.3, -0.25) is 9.69 Å². The molecule has 1 aliphatic heterocycles. The largest absolute Gasteiger partial charge is 0.459 e. The first-order valence-corrected chi connectivity index (χ1v) is 10.9. The van der Waals surface area contributed by atoms with E-state index in [1.807, 2.05) is 33.8 Å². The average molecular weight is 443 g/mol. The van der Waals surface area contributed by atoms with Gasteiger partial charge in [0.15, 0.2) is 11.6 Å². The van der Waals surface area contributed by atoms with Crippen LogP contribution in [0.5, 0.6) is 0 Å². The van der Waals surface area contributed by atoms with Crippen LogP contribution >= 0.6 is 11.6 Å². The van der Waals surface area contributed by atoms with Crippen molar-refractivity contribution in [2.75, 3.05) is 26.2 Å². The van der Waals surface area contributed by atoms with E-state index >= 15 is 0 Å². The molecule has 1 amide bonds. The van der Waals surface area contributed by atoms with Crippen LogP contribution in [0.1, 0.15) is 55.2 Å². The maximum atomic E-state index is 12.7. The molecule has 3 aromatic rings. The molecule has 3 heterocycles. The Morgan fingerprint density at radius 1 is 1.16 bits per heavy atom. The van der Waals surface area contributed by atoms with E-state index < -0.39 is 0 Å². The molecule has 2 aromatic heterocycles. The first-order chi connectivity index (χ1) is 14.9. The topological polar surface area (TPSA) is 80.3 Å². The fourth-order valence-electron chi connectivity index (χ4n) is 3.85. The maximum Gasteiger partial charge on any atom is 0.289 e. The molecule has 1 aromatic carbocycles. The fraction of sp³-hybridized carbons (Fsp3) is 0.455. The summed E-state index contributed by atoms with van der Waals surface area (Å²) in [5.74, 6) is 1.08. The Hall–Kier alpha value is -2.71. The van der Waals surface area contributed by atoms with E-state index in [4.69, 9.17) is 16.0 Å². The van der Waals surface area contributed by atoms with E-state index in [1.165, 1.54) is 6.26 Å². The van der Waals surface area contributed by atoms with Crippen LogP contribution in [0.25, 0.3) is 0 Å². The van der Waals surface area contributed by atoms with Crippen molar-refractivity contribution >= 4 is 17.5 Å². The summed E-state index contributed by atoms with van der Waals surface area (Å²) in [4.78, 5) is 16.8. The van der Waals surface area contributed by atoms with Crippen molar-refractivity contribution in [3.05, 3.63) is 64.8 Å². The van der Waals surface area contributed by atoms with Gasteiger partial charge >= 0.3 is 0 Å². The van der Waals surface area contributed by atoms with Crippen molar-refractivity contribution in [1.29, 1.82) is 0 Å². The third-order valence-electron chi connectivity index (χ3n) is 6.06. The molecular weight excluding hydrogens is 416 g/mol. The summed E-state index contributed by atoms with van der Waals surface area (Å²) in [5.41, 5.74) is 0.846. The second-order valence-corrected chi connectivity index (χ2v) is 8.81. The fourth-order valence-corrected chi connectivity index (χ4v) is 3.98. The number of aromatic nitrogens is 4. The minimum absolute atomic E-state index is 0.0790. The number of furan rings is 1. The molecule has 1 saturated heterocycles. The summed E-state index contributed by atoms with van der Waals surface area (Å²) < 4.78 is 7.20. The summed E-state index contributed by atoms with van der Waals surface area (Å²) in [6.07, 6.45) is 2.42. The average Bonchev–Trinajstić information content (AvgIpc) is 3.48. The highest BCUT2D eigenvalue weighted by Gasteiger charge is 2.35. The Bertz CT molecular complexity index is 1010. The van der Waals surface area contributed by atoms with Crippen LogP contribution in [0.4, 0.5) is 0 Å². The van der Waals surface area contributed by atoms with E-state index in [2.05, 4.69) is 41.2 Å². The van der Waals surface area contributed by atoms with E-state index in [0.717, 1.165) is 17.8 Å². The summed E-state index contributed by atoms with van der Waals surface area (Å²) in [7, 11) is 0. The zero-order chi connectivity index (χ0) is 22.0. The van der Waals surface area contributed by atoms with Gasteiger partial charge in [0.1, 0.15) is 0 Å². The van der Waals surface area contributed by atoms with E-state index in [-0.39, 0.29) is 17.5 Å². The van der Waals surface area contributed by atoms with E-state index in [1.54, 1.807) is 12.1 Å². The molecule has 0 radical (unpaired) electrons. The molecule has 31 heavy (non-hydrogen) atoms. The molecule has 0 aliphatic carbocycles. The number of piperazine rings is 1. The third-order valence-corrected chi connectivity index (χ3v) is 6.31. The van der Waals surface area contributed by atoms with Crippen LogP contribution < -0.4 is 0 Å². The number of nitrogens with zero attached hydrogens (tertiary/aromatic N) is 6. The minimum atomic E-state index is -0.222. The smallest absolute Gasteiger partial charge is 0.289 e. The Morgan fingerprint density at radius 2 is 1.87 bits per heavy atom. The van der Waals surface area contributed by atoms with Crippen LogP contribution in [0.15, 0.2) is 47.1 Å². The lowest BCUT2D eigenvalue weighted by molar-refractivity contribution is 0.0555. The molecule has 1 aliphatic rings. The lowest BCUT2D eigenvalue weighted by Crippen LogP contribution is -2.50. The molecular formula is C22H27ClN6O2. The number of hydrogen-bond acceptors (Lipinski definition) is 6. The lowest BCUT2D eigenvalue weighted by Gasteiger charge is -2.39. The molecule has 4 rings (SSSR count). The molecule has 1 fully saturated rings. The van der Waals surface area contributed by atoms with Gasteiger partial charge in [-0.15, -0.1) is 5.10 Å². The number of amides is 1. The monoisotopic (exact) mass is 442 g/mol. The van der Waals surface area contributed by atoms with Crippen LogP contribution in [-0.2, 0) is 5.54 Å². The van der Waals surface area contributed by atoms with Gasteiger partial charge in [-0.25, -0.2) is 4.68 Å². The maximum absolute atomic E-state index is 12.7. The molecule has 0 saturated carbocycles. The molecule has 164 valence electrons. The van der Waals surface area contributed by atoms with Gasteiger partial charge in [-0.1, -0.05) is 30.7 Å². The normalized spacial score (nSPS) is 16.5. The quantitative estimate of drug-likeness (QED) is 0.580. The highest BCUT2D eigenvalue weighted by Crippen LogP contribution is 2.32. The number of hydrogen-bond donors (Lipinski definition) is 0. The van der Waals surface area contributed by atoms with Gasteiger partial charge in [0.05, 0.1) is 17.8 Å². The van der Waals surface area contributed by atoms with Crippen LogP contribution in [0.2, 0.25) is 5.02 Å². The third kappa shape index (κ3) is 4.36. The van der Waals surface area contributed by atoms with Crippen molar-refractivity contribution < 1.29 is 9.21 Å². The van der Waals surface area contributed by atoms with Crippen LogP contribution in [-0.4, -0.2) is 62.1 Å². The number of benzene rings is 1. The minimum Gasteiger partial charge on any atom is -0.459 e. The van der Waals surface area contributed by atoms with Crippen molar-refractivity contribution in [3.8, 4) is 0 Å².